The molecule has 178 valence electrons. The number of amides is 1. The monoisotopic (exact) mass is 477 g/mol. The van der Waals surface area contributed by atoms with Gasteiger partial charge in [0.25, 0.3) is 0 Å². The predicted molar refractivity (Wildman–Crippen MR) is 134 cm³/mol. The maximum Gasteiger partial charge on any atom is 0.239 e. The number of nitriles is 1. The topological polar surface area (TPSA) is 83.2 Å². The standard InChI is InChI=1S/C26H31N5O2S/c1-17-18(2)31(15-20-8-6-12-33-20)25(21(17)13-27)29-24(32)16-30-11-5-7-19(14-30)26-28-22-9-3-4-10-23(22)34-26/h3-4,9-10,19-20H,5-8,11-12,14-16H2,1-2H3,(H,29,32)/t19-,20-/m0/s1. The Morgan fingerprint density at radius 1 is 1.29 bits per heavy atom. The number of likely N-dealkylation sites (tertiary alicyclic amines) is 1. The molecule has 1 aromatic carbocycles. The van der Waals surface area contributed by atoms with Crippen molar-refractivity contribution >= 4 is 33.3 Å². The highest BCUT2D eigenvalue weighted by atomic mass is 32.1. The molecule has 2 aliphatic rings. The number of nitrogens with zero attached hydrogens (tertiary/aromatic N) is 4. The number of hydrogen-bond donors (Lipinski definition) is 1. The smallest absolute Gasteiger partial charge is 0.239 e. The lowest BCUT2D eigenvalue weighted by molar-refractivity contribution is -0.117. The molecular weight excluding hydrogens is 446 g/mol. The summed E-state index contributed by atoms with van der Waals surface area (Å²) in [5, 5.41) is 14.0. The van der Waals surface area contributed by atoms with E-state index in [1.807, 2.05) is 19.9 Å². The molecule has 0 radical (unpaired) electrons. The van der Waals surface area contributed by atoms with Crippen molar-refractivity contribution in [2.24, 2.45) is 0 Å². The third-order valence-electron chi connectivity index (χ3n) is 7.14. The number of carbonyl (C=O) groups excluding carboxylic acids is 1. The quantitative estimate of drug-likeness (QED) is 0.562. The van der Waals surface area contributed by atoms with Crippen molar-refractivity contribution < 1.29 is 9.53 Å². The van der Waals surface area contributed by atoms with Gasteiger partial charge < -0.3 is 14.6 Å². The molecule has 2 aliphatic heterocycles. The molecule has 0 unspecified atom stereocenters. The van der Waals surface area contributed by atoms with Crippen LogP contribution in [0.25, 0.3) is 10.2 Å². The molecule has 0 aliphatic carbocycles. The second-order valence-electron chi connectivity index (χ2n) is 9.43. The van der Waals surface area contributed by atoms with Crippen molar-refractivity contribution in [2.75, 3.05) is 31.6 Å². The summed E-state index contributed by atoms with van der Waals surface area (Å²) in [7, 11) is 0. The zero-order valence-corrected chi connectivity index (χ0v) is 20.7. The first-order valence-corrected chi connectivity index (χ1v) is 12.9. The summed E-state index contributed by atoms with van der Waals surface area (Å²) in [6, 6.07) is 10.6. The van der Waals surface area contributed by atoms with Crippen molar-refractivity contribution in [3.05, 3.63) is 46.1 Å². The SMILES string of the molecule is Cc1c(C#N)c(NC(=O)CN2CCC[C@H](c3nc4ccccc4s3)C2)n(C[C@@H]2CCCO2)c1C. The van der Waals surface area contributed by atoms with Gasteiger partial charge in [-0.25, -0.2) is 4.98 Å². The zero-order valence-electron chi connectivity index (χ0n) is 19.8. The summed E-state index contributed by atoms with van der Waals surface area (Å²) in [5.41, 5.74) is 3.54. The zero-order chi connectivity index (χ0) is 23.7. The molecule has 2 aromatic heterocycles. The molecule has 2 atom stereocenters. The van der Waals surface area contributed by atoms with Gasteiger partial charge in [0.15, 0.2) is 0 Å². The van der Waals surface area contributed by atoms with E-state index in [0.29, 0.717) is 30.4 Å². The van der Waals surface area contributed by atoms with Crippen LogP contribution in [-0.4, -0.2) is 52.7 Å². The van der Waals surface area contributed by atoms with Crippen molar-refractivity contribution in [3.63, 3.8) is 0 Å². The summed E-state index contributed by atoms with van der Waals surface area (Å²) < 4.78 is 9.10. The molecule has 5 rings (SSSR count). The van der Waals surface area contributed by atoms with E-state index in [0.717, 1.165) is 67.2 Å². The number of hydrogen-bond acceptors (Lipinski definition) is 6. The van der Waals surface area contributed by atoms with Crippen LogP contribution >= 0.6 is 11.3 Å². The highest BCUT2D eigenvalue weighted by Crippen LogP contribution is 2.33. The molecule has 1 N–H and O–H groups in total. The summed E-state index contributed by atoms with van der Waals surface area (Å²) in [5.74, 6) is 0.881. The molecule has 2 fully saturated rings. The number of ether oxygens (including phenoxy) is 1. The Balaban J connectivity index is 1.28. The fourth-order valence-corrected chi connectivity index (χ4v) is 6.28. The minimum Gasteiger partial charge on any atom is -0.376 e. The summed E-state index contributed by atoms with van der Waals surface area (Å²) in [6.45, 7) is 7.43. The third kappa shape index (κ3) is 4.61. The molecule has 0 bridgehead atoms. The van der Waals surface area contributed by atoms with E-state index < -0.39 is 0 Å². The number of carbonyl (C=O) groups is 1. The van der Waals surface area contributed by atoms with Crippen molar-refractivity contribution in [1.29, 1.82) is 5.26 Å². The number of benzene rings is 1. The Hall–Kier alpha value is -2.73. The fourth-order valence-electron chi connectivity index (χ4n) is 5.19. The van der Waals surface area contributed by atoms with Crippen LogP contribution in [0.1, 0.15) is 53.4 Å². The van der Waals surface area contributed by atoms with E-state index in [9.17, 15) is 10.1 Å². The van der Waals surface area contributed by atoms with Crippen LogP contribution in [0.3, 0.4) is 0 Å². The van der Waals surface area contributed by atoms with Gasteiger partial charge in [-0.15, -0.1) is 11.3 Å². The Bertz CT molecular complexity index is 1200. The second kappa shape index (κ2) is 9.87. The van der Waals surface area contributed by atoms with Gasteiger partial charge in [0.05, 0.1) is 40.0 Å². The summed E-state index contributed by atoms with van der Waals surface area (Å²) >= 11 is 1.76. The van der Waals surface area contributed by atoms with Crippen LogP contribution in [0.4, 0.5) is 5.82 Å². The molecule has 1 amide bonds. The molecule has 2 saturated heterocycles. The first-order chi connectivity index (χ1) is 16.5. The highest BCUT2D eigenvalue weighted by molar-refractivity contribution is 7.18. The van der Waals surface area contributed by atoms with Gasteiger partial charge in [-0.2, -0.15) is 5.26 Å². The highest BCUT2D eigenvalue weighted by Gasteiger charge is 2.27. The van der Waals surface area contributed by atoms with Crippen LogP contribution in [0, 0.1) is 25.2 Å². The molecule has 0 saturated carbocycles. The van der Waals surface area contributed by atoms with Gasteiger partial charge in [0.2, 0.25) is 5.91 Å². The van der Waals surface area contributed by atoms with Gasteiger partial charge in [-0.3, -0.25) is 9.69 Å². The van der Waals surface area contributed by atoms with Crippen LogP contribution in [-0.2, 0) is 16.1 Å². The Morgan fingerprint density at radius 2 is 2.15 bits per heavy atom. The van der Waals surface area contributed by atoms with Crippen LogP contribution in [0.5, 0.6) is 0 Å². The number of rotatable bonds is 6. The van der Waals surface area contributed by atoms with Gasteiger partial charge in [-0.1, -0.05) is 12.1 Å². The number of anilines is 1. The van der Waals surface area contributed by atoms with Gasteiger partial charge in [0.1, 0.15) is 11.9 Å². The molecule has 34 heavy (non-hydrogen) atoms. The van der Waals surface area contributed by atoms with E-state index in [4.69, 9.17) is 9.72 Å². The maximum atomic E-state index is 13.1. The molecule has 4 heterocycles. The number of fused-ring (bicyclic) bond motifs is 1. The number of para-hydroxylation sites is 1. The number of piperidine rings is 1. The van der Waals surface area contributed by atoms with Crippen LogP contribution < -0.4 is 5.32 Å². The lowest BCUT2D eigenvalue weighted by atomic mass is 9.99. The van der Waals surface area contributed by atoms with Crippen LogP contribution in [0.15, 0.2) is 24.3 Å². The summed E-state index contributed by atoms with van der Waals surface area (Å²) in [4.78, 5) is 20.2. The van der Waals surface area contributed by atoms with Crippen LogP contribution in [0.2, 0.25) is 0 Å². The number of aromatic nitrogens is 2. The predicted octanol–water partition coefficient (Wildman–Crippen LogP) is 4.58. The normalized spacial score (nSPS) is 21.1. The third-order valence-corrected chi connectivity index (χ3v) is 8.34. The number of nitrogens with one attached hydrogen (secondary N) is 1. The van der Waals surface area contributed by atoms with E-state index in [1.54, 1.807) is 11.3 Å². The lowest BCUT2D eigenvalue weighted by Crippen LogP contribution is -2.40. The minimum absolute atomic E-state index is 0.0764. The molecule has 7 nitrogen and oxygen atoms in total. The summed E-state index contributed by atoms with van der Waals surface area (Å²) in [6.07, 6.45) is 4.34. The molecule has 3 aromatic rings. The number of thiazole rings is 1. The molecular formula is C26H31N5O2S. The van der Waals surface area contributed by atoms with E-state index >= 15 is 0 Å². The maximum absolute atomic E-state index is 13.1. The van der Waals surface area contributed by atoms with Crippen molar-refractivity contribution in [1.82, 2.24) is 14.5 Å². The molecule has 0 spiro atoms. The van der Waals surface area contributed by atoms with E-state index in [2.05, 4.69) is 39.1 Å². The van der Waals surface area contributed by atoms with E-state index in [-0.39, 0.29) is 12.0 Å². The van der Waals surface area contributed by atoms with Gasteiger partial charge >= 0.3 is 0 Å². The van der Waals surface area contributed by atoms with Crippen molar-refractivity contribution in [3.8, 4) is 6.07 Å². The first-order valence-electron chi connectivity index (χ1n) is 12.1. The Morgan fingerprint density at radius 3 is 2.91 bits per heavy atom. The minimum atomic E-state index is -0.0764. The second-order valence-corrected chi connectivity index (χ2v) is 10.5. The van der Waals surface area contributed by atoms with Crippen molar-refractivity contribution in [2.45, 2.75) is 58.1 Å². The fraction of sp³-hybridized carbons (Fsp3) is 0.500. The molecule has 8 heteroatoms. The van der Waals surface area contributed by atoms with E-state index in [1.165, 1.54) is 4.70 Å². The first kappa shape index (κ1) is 23.0. The Labute approximate surface area is 204 Å². The van der Waals surface area contributed by atoms with Gasteiger partial charge in [0, 0.05) is 24.8 Å². The Kier molecular flexibility index (Phi) is 6.68. The average Bonchev–Trinajstić information content (AvgIpc) is 3.55. The largest absolute Gasteiger partial charge is 0.376 e. The average molecular weight is 478 g/mol. The van der Waals surface area contributed by atoms with Gasteiger partial charge in [-0.05, 0) is 63.8 Å². The lowest BCUT2D eigenvalue weighted by Gasteiger charge is -2.31.